The molecule has 2 unspecified atom stereocenters. The van der Waals surface area contributed by atoms with Gasteiger partial charge in [0.25, 0.3) is 0 Å². The minimum Gasteiger partial charge on any atom is -1.00 e. The van der Waals surface area contributed by atoms with E-state index in [1.807, 2.05) is 0 Å². The first-order valence-electron chi connectivity index (χ1n) is 14.7. The Balaban J connectivity index is 0.00000961. The molecular formula is C29H60BrNO. The predicted octanol–water partition coefficient (Wildman–Crippen LogP) is 6.12. The maximum atomic E-state index is 6.30. The molecule has 0 bridgehead atoms. The molecule has 0 radical (unpaired) electrons. The zero-order valence-corrected chi connectivity index (χ0v) is 24.0. The molecule has 1 rings (SSSR count). The summed E-state index contributed by atoms with van der Waals surface area (Å²) in [6.45, 7) is 6.90. The van der Waals surface area contributed by atoms with Crippen molar-refractivity contribution in [1.82, 2.24) is 0 Å². The predicted molar refractivity (Wildman–Crippen MR) is 137 cm³/mol. The third kappa shape index (κ3) is 14.0. The Bertz CT molecular complexity index is 405. The van der Waals surface area contributed by atoms with Crippen LogP contribution in [0.25, 0.3) is 0 Å². The maximum absolute atomic E-state index is 6.30. The molecule has 32 heavy (non-hydrogen) atoms. The minimum atomic E-state index is -0.0553. The monoisotopic (exact) mass is 517 g/mol. The highest BCUT2D eigenvalue weighted by Crippen LogP contribution is 2.51. The minimum absolute atomic E-state index is 0. The molecule has 3 heteroatoms. The third-order valence-electron chi connectivity index (χ3n) is 7.87. The van der Waals surface area contributed by atoms with E-state index in [4.69, 9.17) is 4.74 Å². The van der Waals surface area contributed by atoms with Crippen LogP contribution in [0.5, 0.6) is 0 Å². The fourth-order valence-corrected chi connectivity index (χ4v) is 5.45. The molecule has 2 atom stereocenters. The van der Waals surface area contributed by atoms with Crippen LogP contribution in [0.3, 0.4) is 0 Å². The van der Waals surface area contributed by atoms with Crippen molar-refractivity contribution in [3.8, 4) is 0 Å². The van der Waals surface area contributed by atoms with E-state index >= 15 is 0 Å². The molecule has 1 aliphatic rings. The Morgan fingerprint density at radius 1 is 0.469 bits per heavy atom. The van der Waals surface area contributed by atoms with E-state index in [2.05, 4.69) is 26.5 Å². The first-order chi connectivity index (χ1) is 15.1. The molecule has 0 aromatic carbocycles. The fourth-order valence-electron chi connectivity index (χ4n) is 5.45. The topological polar surface area (TPSA) is 40.2 Å². The van der Waals surface area contributed by atoms with Gasteiger partial charge in [0, 0.05) is 6.42 Å². The van der Waals surface area contributed by atoms with E-state index in [1.54, 1.807) is 0 Å². The zero-order valence-electron chi connectivity index (χ0n) is 22.5. The van der Waals surface area contributed by atoms with Gasteiger partial charge in [-0.3, -0.25) is 0 Å². The first kappa shape index (κ1) is 32.4. The number of rotatable bonds is 24. The number of hydrogen-bond donors (Lipinski definition) is 1. The lowest BCUT2D eigenvalue weighted by molar-refractivity contribution is -0.474. The molecule has 0 saturated carbocycles. The van der Waals surface area contributed by atoms with Gasteiger partial charge in [0.1, 0.15) is 0 Å². The molecule has 0 aliphatic carbocycles. The van der Waals surface area contributed by atoms with Crippen molar-refractivity contribution in [1.29, 1.82) is 0 Å². The molecule has 194 valence electrons. The van der Waals surface area contributed by atoms with Crippen LogP contribution in [-0.4, -0.2) is 11.3 Å². The van der Waals surface area contributed by atoms with Gasteiger partial charge in [-0.2, -0.15) is 0 Å². The summed E-state index contributed by atoms with van der Waals surface area (Å²) in [6, 6.07) is 0. The van der Waals surface area contributed by atoms with Crippen LogP contribution in [0.4, 0.5) is 0 Å². The summed E-state index contributed by atoms with van der Waals surface area (Å²) in [7, 11) is 0. The third-order valence-corrected chi connectivity index (χ3v) is 7.87. The number of ether oxygens (including phenoxy) is 1. The van der Waals surface area contributed by atoms with Crippen LogP contribution < -0.4 is 22.7 Å². The largest absolute Gasteiger partial charge is 1.00 e. The summed E-state index contributed by atoms with van der Waals surface area (Å²) in [4.78, 5) is 0. The second kappa shape index (κ2) is 20.7. The Labute approximate surface area is 213 Å². The summed E-state index contributed by atoms with van der Waals surface area (Å²) in [6.07, 6.45) is 33.2. The number of unbranched alkanes of at least 4 members (excludes halogenated alkanes) is 19. The SMILES string of the molecule is CCCCCCCCCCCCCC1([NH3+])OC1(CC)CCCCCCCCCCCC.[Br-]. The molecule has 0 aromatic rings. The van der Waals surface area contributed by atoms with E-state index in [0.717, 1.165) is 6.42 Å². The standard InChI is InChI=1S/C29H59NO.BrH/c1-4-7-9-11-13-15-17-19-21-23-25-27-29(30)28(6-3,31-29)26-24-22-20-18-16-14-12-10-8-5-2;/h4-27,30H2,1-3H3;1H. The van der Waals surface area contributed by atoms with Crippen LogP contribution >= 0.6 is 0 Å². The quantitative estimate of drug-likeness (QED) is 0.121. The molecule has 2 nitrogen and oxygen atoms in total. The fraction of sp³-hybridized carbons (Fsp3) is 1.00. The molecule has 0 amide bonds. The number of hydrogen-bond acceptors (Lipinski definition) is 1. The second-order valence-electron chi connectivity index (χ2n) is 10.7. The number of quaternary nitrogens is 1. The molecule has 0 aromatic heterocycles. The van der Waals surface area contributed by atoms with E-state index in [1.165, 1.54) is 148 Å². The number of epoxide rings is 1. The van der Waals surface area contributed by atoms with Crippen LogP contribution in [0, 0.1) is 0 Å². The Morgan fingerprint density at radius 3 is 1.12 bits per heavy atom. The van der Waals surface area contributed by atoms with Crippen molar-refractivity contribution in [3.05, 3.63) is 0 Å². The highest BCUT2D eigenvalue weighted by atomic mass is 79.9. The van der Waals surface area contributed by atoms with E-state index in [9.17, 15) is 0 Å². The van der Waals surface area contributed by atoms with Crippen molar-refractivity contribution >= 4 is 0 Å². The summed E-state index contributed by atoms with van der Waals surface area (Å²) >= 11 is 0. The van der Waals surface area contributed by atoms with Gasteiger partial charge >= 0.3 is 0 Å². The first-order valence-corrected chi connectivity index (χ1v) is 14.7. The maximum Gasteiger partial charge on any atom is 0.229 e. The summed E-state index contributed by atoms with van der Waals surface area (Å²) in [5.41, 5.74) is 4.59. The lowest BCUT2D eigenvalue weighted by atomic mass is 9.88. The summed E-state index contributed by atoms with van der Waals surface area (Å²) < 4.78 is 6.30. The van der Waals surface area contributed by atoms with Crippen molar-refractivity contribution in [2.75, 3.05) is 0 Å². The molecule has 1 heterocycles. The van der Waals surface area contributed by atoms with Crippen molar-refractivity contribution in [2.45, 2.75) is 186 Å². The van der Waals surface area contributed by atoms with Gasteiger partial charge in [-0.25, -0.2) is 0 Å². The van der Waals surface area contributed by atoms with Gasteiger partial charge in [0.15, 0.2) is 5.60 Å². The van der Waals surface area contributed by atoms with Crippen molar-refractivity contribution < 1.29 is 27.5 Å². The second-order valence-corrected chi connectivity index (χ2v) is 10.7. The Morgan fingerprint density at radius 2 is 0.781 bits per heavy atom. The van der Waals surface area contributed by atoms with Gasteiger partial charge in [-0.05, 0) is 19.3 Å². The molecule has 3 N–H and O–H groups in total. The van der Waals surface area contributed by atoms with E-state index in [0.29, 0.717) is 0 Å². The van der Waals surface area contributed by atoms with Gasteiger partial charge in [0.05, 0.1) is 0 Å². The highest BCUT2D eigenvalue weighted by molar-refractivity contribution is 5.06. The van der Waals surface area contributed by atoms with Crippen LogP contribution in [0.2, 0.25) is 0 Å². The molecule has 1 fully saturated rings. The number of halogens is 1. The average Bonchev–Trinajstić information content (AvgIpc) is 3.37. The highest BCUT2D eigenvalue weighted by Gasteiger charge is 2.69. The van der Waals surface area contributed by atoms with Gasteiger partial charge < -0.3 is 27.5 Å². The normalized spacial score (nSPS) is 22.1. The van der Waals surface area contributed by atoms with Crippen molar-refractivity contribution in [2.24, 2.45) is 0 Å². The van der Waals surface area contributed by atoms with Crippen LogP contribution in [-0.2, 0) is 4.74 Å². The van der Waals surface area contributed by atoms with Crippen LogP contribution in [0.15, 0.2) is 0 Å². The van der Waals surface area contributed by atoms with Crippen molar-refractivity contribution in [3.63, 3.8) is 0 Å². The Kier molecular flexibility index (Phi) is 21.0. The van der Waals surface area contributed by atoms with Crippen LogP contribution in [0.1, 0.15) is 175 Å². The van der Waals surface area contributed by atoms with E-state index < -0.39 is 0 Å². The Hall–Kier alpha value is 0.400. The average molecular weight is 519 g/mol. The lowest BCUT2D eigenvalue weighted by Crippen LogP contribution is -3.00. The smallest absolute Gasteiger partial charge is 0.229 e. The van der Waals surface area contributed by atoms with Gasteiger partial charge in [0.2, 0.25) is 5.72 Å². The van der Waals surface area contributed by atoms with Gasteiger partial charge in [-0.15, -0.1) is 0 Å². The molecular weight excluding hydrogens is 458 g/mol. The summed E-state index contributed by atoms with van der Waals surface area (Å²) in [5, 5.41) is 0. The zero-order chi connectivity index (χ0) is 22.7. The van der Waals surface area contributed by atoms with E-state index in [-0.39, 0.29) is 28.3 Å². The molecule has 1 saturated heterocycles. The molecule has 1 aliphatic heterocycles. The van der Waals surface area contributed by atoms with Gasteiger partial charge in [-0.1, -0.05) is 149 Å². The molecule has 0 spiro atoms. The summed E-state index contributed by atoms with van der Waals surface area (Å²) in [5.74, 6) is 0. The lowest BCUT2D eigenvalue weighted by Gasteiger charge is -2.13.